The van der Waals surface area contributed by atoms with Gasteiger partial charge in [-0.2, -0.15) is 0 Å². The minimum atomic E-state index is -1.36. The normalized spacial score (nSPS) is 8.91. The molecule has 0 unspecified atom stereocenters. The van der Waals surface area contributed by atoms with Gasteiger partial charge in [-0.05, 0) is 36.4 Å². The van der Waals surface area contributed by atoms with Crippen LogP contribution in [0, 0.1) is 0 Å². The van der Waals surface area contributed by atoms with E-state index in [0.717, 1.165) is 0 Å². The molecule has 9 nitrogen and oxygen atoms in total. The molecule has 0 aliphatic rings. The first-order valence-corrected chi connectivity index (χ1v) is 8.93. The molecule has 0 aliphatic carbocycles. The molecule has 0 radical (unpaired) electrons. The number of carbonyl (C=O) groups is 3. The summed E-state index contributed by atoms with van der Waals surface area (Å²) in [6.07, 6.45) is 0. The average molecular weight is 531 g/mol. The van der Waals surface area contributed by atoms with Crippen LogP contribution in [0.5, 0.6) is 17.2 Å². The van der Waals surface area contributed by atoms with Gasteiger partial charge in [0.2, 0.25) is 0 Å². The summed E-state index contributed by atoms with van der Waals surface area (Å²) in [4.78, 5) is 31.1. The zero-order valence-corrected chi connectivity index (χ0v) is 20.1. The minimum Gasteiger partial charge on any atom is -0.545 e. The van der Waals surface area contributed by atoms with E-state index in [2.05, 4.69) is 20.1 Å². The van der Waals surface area contributed by atoms with Gasteiger partial charge in [0, 0.05) is 11.1 Å². The molecule has 0 aliphatic heterocycles. The molecule has 0 aromatic heterocycles. The molecule has 0 atom stereocenters. The number of benzene rings is 3. The third kappa shape index (κ3) is 9.56. The fourth-order valence-corrected chi connectivity index (χ4v) is 2.15. The third-order valence-corrected chi connectivity index (χ3v) is 3.74. The molecule has 3 N–H and O–H groups in total. The summed E-state index contributed by atoms with van der Waals surface area (Å²) < 4.78 is 4.23. The number of phenols is 3. The Bertz CT molecular complexity index is 1000. The first kappa shape index (κ1) is 29.2. The number of carboxylic acids is 2. The van der Waals surface area contributed by atoms with E-state index in [0.29, 0.717) is 0 Å². The Morgan fingerprint density at radius 1 is 0.625 bits per heavy atom. The monoisotopic (exact) mass is 530 g/mol. The van der Waals surface area contributed by atoms with Crippen LogP contribution >= 0.6 is 16.3 Å². The van der Waals surface area contributed by atoms with Crippen LogP contribution in [0.3, 0.4) is 0 Å². The summed E-state index contributed by atoms with van der Waals surface area (Å²) in [5.41, 5.74) is -0.214. The smallest absolute Gasteiger partial charge is 0.545 e. The maximum absolute atomic E-state index is 10.8. The van der Waals surface area contributed by atoms with Gasteiger partial charge >= 0.3 is 43.7 Å². The molecule has 0 heterocycles. The topological polar surface area (TPSA) is 167 Å². The number of hydrogen-bond donors (Lipinski definition) is 3. The molecule has 0 saturated heterocycles. The maximum Gasteiger partial charge on any atom is 2.00 e. The first-order valence-electron chi connectivity index (χ1n) is 8.28. The molecular formula is C21H15BrCaO9. The Hall–Kier alpha value is -2.79. The van der Waals surface area contributed by atoms with E-state index in [1.165, 1.54) is 48.5 Å². The van der Waals surface area contributed by atoms with Crippen molar-refractivity contribution in [3.8, 4) is 17.2 Å². The molecule has 0 spiro atoms. The number of carboxylic acid groups (broad SMARTS) is 2. The van der Waals surface area contributed by atoms with Gasteiger partial charge in [-0.25, -0.2) is 4.79 Å². The quantitative estimate of drug-likeness (QED) is 0.418. The Labute approximate surface area is 221 Å². The summed E-state index contributed by atoms with van der Waals surface area (Å²) >= 11 is 2.52. The SMILES string of the molecule is O=C(OBr)c1ccccc1O.O=C([O-])c1ccccc1O.O=C([O-])c1ccccc1O.[Ca+2]. The van der Waals surface area contributed by atoms with Crippen molar-refractivity contribution in [2.45, 2.75) is 0 Å². The van der Waals surface area contributed by atoms with Gasteiger partial charge in [-0.3, -0.25) is 0 Å². The summed E-state index contributed by atoms with van der Waals surface area (Å²) in [5, 5.41) is 47.1. The molecule has 0 saturated carbocycles. The number of carbonyl (C=O) groups excluding carboxylic acids is 3. The molecule has 32 heavy (non-hydrogen) atoms. The van der Waals surface area contributed by atoms with Crippen LogP contribution in [0.4, 0.5) is 0 Å². The molecule has 11 heteroatoms. The molecule has 0 amide bonds. The van der Waals surface area contributed by atoms with Gasteiger partial charge < -0.3 is 39.0 Å². The van der Waals surface area contributed by atoms with Gasteiger partial charge in [0.1, 0.15) is 22.8 Å². The van der Waals surface area contributed by atoms with Gasteiger partial charge in [-0.1, -0.05) is 36.4 Å². The van der Waals surface area contributed by atoms with Crippen molar-refractivity contribution in [1.29, 1.82) is 0 Å². The van der Waals surface area contributed by atoms with E-state index in [1.54, 1.807) is 24.3 Å². The number of aromatic carboxylic acids is 2. The molecule has 162 valence electrons. The van der Waals surface area contributed by atoms with E-state index >= 15 is 0 Å². The fourth-order valence-electron chi connectivity index (χ4n) is 1.98. The Kier molecular flexibility index (Phi) is 13.8. The second kappa shape index (κ2) is 15.1. The predicted octanol–water partition coefficient (Wildman–Crippen LogP) is 0.989. The van der Waals surface area contributed by atoms with E-state index < -0.39 is 17.9 Å². The van der Waals surface area contributed by atoms with Crippen molar-refractivity contribution in [3.05, 3.63) is 89.5 Å². The molecule has 0 bridgehead atoms. The third-order valence-electron chi connectivity index (χ3n) is 3.44. The van der Waals surface area contributed by atoms with Crippen molar-refractivity contribution in [1.82, 2.24) is 0 Å². The standard InChI is InChI=1S/C7H5BrO3.2C7H6O3.Ca/c8-11-7(10)5-3-1-2-4-6(5)9;2*8-6-4-2-1-3-5(6)7(9)10;/h1-4,9H;2*1-4,8H,(H,9,10);/q;;;+2/p-2. The Morgan fingerprint density at radius 2 is 0.906 bits per heavy atom. The van der Waals surface area contributed by atoms with Gasteiger partial charge in [0.15, 0.2) is 16.3 Å². The number of rotatable bonds is 3. The van der Waals surface area contributed by atoms with Gasteiger partial charge in [0.25, 0.3) is 0 Å². The van der Waals surface area contributed by atoms with Gasteiger partial charge in [0.05, 0.1) is 11.9 Å². The number of phenolic OH excluding ortho intramolecular Hbond substituents is 1. The number of aromatic hydroxyl groups is 3. The van der Waals surface area contributed by atoms with Crippen LogP contribution < -0.4 is 10.2 Å². The molecular weight excluding hydrogens is 516 g/mol. The molecule has 3 rings (SSSR count). The molecule has 3 aromatic carbocycles. The zero-order valence-electron chi connectivity index (χ0n) is 16.3. The van der Waals surface area contributed by atoms with Gasteiger partial charge in [-0.15, -0.1) is 0 Å². The zero-order chi connectivity index (χ0) is 23.4. The van der Waals surface area contributed by atoms with Crippen molar-refractivity contribution in [2.75, 3.05) is 0 Å². The molecule has 3 aromatic rings. The second-order valence-corrected chi connectivity index (χ2v) is 5.81. The summed E-state index contributed by atoms with van der Waals surface area (Å²) in [5.74, 6) is -3.94. The van der Waals surface area contributed by atoms with Crippen molar-refractivity contribution in [2.24, 2.45) is 0 Å². The van der Waals surface area contributed by atoms with E-state index in [9.17, 15) is 24.6 Å². The summed E-state index contributed by atoms with van der Waals surface area (Å²) in [6, 6.07) is 17.4. The van der Waals surface area contributed by atoms with Crippen LogP contribution in [0.15, 0.2) is 72.8 Å². The van der Waals surface area contributed by atoms with E-state index in [1.807, 2.05) is 0 Å². The van der Waals surface area contributed by atoms with Crippen LogP contribution in [0.25, 0.3) is 0 Å². The van der Waals surface area contributed by atoms with E-state index in [4.69, 9.17) is 15.3 Å². The van der Waals surface area contributed by atoms with Crippen molar-refractivity contribution < 1.29 is 43.7 Å². The largest absolute Gasteiger partial charge is 2.00 e. The summed E-state index contributed by atoms with van der Waals surface area (Å²) in [6.45, 7) is 0. The van der Waals surface area contributed by atoms with Crippen LogP contribution in [-0.2, 0) is 3.83 Å². The molecule has 0 fully saturated rings. The number of halogens is 1. The van der Waals surface area contributed by atoms with E-state index in [-0.39, 0.29) is 71.7 Å². The Morgan fingerprint density at radius 3 is 1.12 bits per heavy atom. The maximum atomic E-state index is 10.8. The average Bonchev–Trinajstić information content (AvgIpc) is 2.75. The number of para-hydroxylation sites is 3. The first-order chi connectivity index (χ1) is 14.7. The Balaban J connectivity index is 0.000000444. The van der Waals surface area contributed by atoms with Crippen molar-refractivity contribution >= 4 is 71.9 Å². The van der Waals surface area contributed by atoms with Crippen molar-refractivity contribution in [3.63, 3.8) is 0 Å². The predicted molar refractivity (Wildman–Crippen MR) is 113 cm³/mol. The minimum absolute atomic E-state index is 0. The summed E-state index contributed by atoms with van der Waals surface area (Å²) in [7, 11) is 0. The van der Waals surface area contributed by atoms with Crippen LogP contribution in [0.1, 0.15) is 31.1 Å². The fraction of sp³-hybridized carbons (Fsp3) is 0. The second-order valence-electron chi connectivity index (χ2n) is 5.49. The van der Waals surface area contributed by atoms with Crippen LogP contribution in [-0.4, -0.2) is 71.0 Å². The number of hydrogen-bond acceptors (Lipinski definition) is 9. The van der Waals surface area contributed by atoms with Crippen LogP contribution in [0.2, 0.25) is 0 Å².